The van der Waals surface area contributed by atoms with Gasteiger partial charge in [-0.1, -0.05) is 12.1 Å². The fraction of sp³-hybridized carbons (Fsp3) is 0.421. The Morgan fingerprint density at radius 2 is 1.88 bits per heavy atom. The summed E-state index contributed by atoms with van der Waals surface area (Å²) in [6.07, 6.45) is 2.92. The summed E-state index contributed by atoms with van der Waals surface area (Å²) in [7, 11) is 1.64. The molecule has 7 heteroatoms. The number of aromatic nitrogens is 2. The largest absolute Gasteiger partial charge is 0.478 e. The monoisotopic (exact) mass is 357 g/mol. The fourth-order valence-corrected chi connectivity index (χ4v) is 3.41. The molecule has 1 amide bonds. The van der Waals surface area contributed by atoms with Crippen molar-refractivity contribution in [3.63, 3.8) is 0 Å². The minimum atomic E-state index is -0.960. The molecule has 138 valence electrons. The third-order valence-corrected chi connectivity index (χ3v) is 4.88. The Morgan fingerprint density at radius 1 is 1.23 bits per heavy atom. The lowest BCUT2D eigenvalue weighted by atomic mass is 10.0. The van der Waals surface area contributed by atoms with Gasteiger partial charge in [-0.3, -0.25) is 9.48 Å². The molecule has 1 aromatic carbocycles. The number of carboxylic acids is 1. The highest BCUT2D eigenvalue weighted by Crippen LogP contribution is 2.25. The van der Waals surface area contributed by atoms with E-state index in [2.05, 4.69) is 5.10 Å². The number of amides is 1. The average Bonchev–Trinajstić information content (AvgIpc) is 3.04. The maximum Gasteiger partial charge on any atom is 0.339 e. The number of ether oxygens (including phenoxy) is 1. The summed E-state index contributed by atoms with van der Waals surface area (Å²) in [5.74, 6) is -0.936. The predicted molar refractivity (Wildman–Crippen MR) is 95.3 cm³/mol. The molecule has 26 heavy (non-hydrogen) atoms. The molecular formula is C19H23N3O4. The number of hydrogen-bond donors (Lipinski definition) is 1. The second-order valence-corrected chi connectivity index (χ2v) is 6.55. The maximum absolute atomic E-state index is 12.7. The SMILES string of the molecule is COCc1ccc(C(=O)N2CCC(n3ncc(C(=O)O)c3C)CC2)cc1. The van der Waals surface area contributed by atoms with Crippen molar-refractivity contribution in [1.29, 1.82) is 0 Å². The van der Waals surface area contributed by atoms with Crippen molar-refractivity contribution < 1.29 is 19.4 Å². The highest BCUT2D eigenvalue weighted by atomic mass is 16.5. The van der Waals surface area contributed by atoms with Crippen molar-refractivity contribution >= 4 is 11.9 Å². The summed E-state index contributed by atoms with van der Waals surface area (Å²) in [4.78, 5) is 25.7. The topological polar surface area (TPSA) is 84.7 Å². The number of methoxy groups -OCH3 is 1. The standard InChI is InChI=1S/C19H23N3O4/c1-13-17(19(24)25)11-20-22(13)16-7-9-21(10-8-16)18(23)15-5-3-14(4-6-15)12-26-2/h3-6,11,16H,7-10,12H2,1-2H3,(H,24,25). The molecule has 1 aliphatic heterocycles. The van der Waals surface area contributed by atoms with Crippen LogP contribution in [0.4, 0.5) is 0 Å². The van der Waals surface area contributed by atoms with E-state index in [1.807, 2.05) is 29.2 Å². The number of carbonyl (C=O) groups excluding carboxylic acids is 1. The Hall–Kier alpha value is -2.67. The minimum Gasteiger partial charge on any atom is -0.478 e. The number of carboxylic acid groups (broad SMARTS) is 1. The van der Waals surface area contributed by atoms with Crippen LogP contribution >= 0.6 is 0 Å². The molecular weight excluding hydrogens is 334 g/mol. The van der Waals surface area contributed by atoms with Crippen molar-refractivity contribution in [3.8, 4) is 0 Å². The second kappa shape index (κ2) is 7.70. The smallest absolute Gasteiger partial charge is 0.339 e. The summed E-state index contributed by atoms with van der Waals surface area (Å²) in [6, 6.07) is 7.60. The number of rotatable bonds is 5. The second-order valence-electron chi connectivity index (χ2n) is 6.55. The molecule has 3 rings (SSSR count). The molecule has 0 aliphatic carbocycles. The van der Waals surface area contributed by atoms with Crippen LogP contribution in [-0.2, 0) is 11.3 Å². The van der Waals surface area contributed by atoms with Gasteiger partial charge < -0.3 is 14.7 Å². The lowest BCUT2D eigenvalue weighted by Gasteiger charge is -2.32. The summed E-state index contributed by atoms with van der Waals surface area (Å²) in [5, 5.41) is 13.4. The molecule has 7 nitrogen and oxygen atoms in total. The van der Waals surface area contributed by atoms with Gasteiger partial charge in [-0.2, -0.15) is 5.10 Å². The molecule has 1 aromatic heterocycles. The molecule has 1 N–H and O–H groups in total. The van der Waals surface area contributed by atoms with Gasteiger partial charge in [0.25, 0.3) is 5.91 Å². The Labute approximate surface area is 152 Å². The number of likely N-dealkylation sites (tertiary alicyclic amines) is 1. The molecule has 2 aromatic rings. The molecule has 0 unspecified atom stereocenters. The molecule has 0 radical (unpaired) electrons. The van der Waals surface area contributed by atoms with E-state index in [9.17, 15) is 9.59 Å². The van der Waals surface area contributed by atoms with E-state index < -0.39 is 5.97 Å². The molecule has 1 aliphatic rings. The van der Waals surface area contributed by atoms with Crippen molar-refractivity contribution in [3.05, 3.63) is 52.8 Å². The fourth-order valence-electron chi connectivity index (χ4n) is 3.41. The quantitative estimate of drug-likeness (QED) is 0.889. The van der Waals surface area contributed by atoms with Crippen molar-refractivity contribution in [2.24, 2.45) is 0 Å². The van der Waals surface area contributed by atoms with Gasteiger partial charge in [0, 0.05) is 25.8 Å². The van der Waals surface area contributed by atoms with Gasteiger partial charge in [0.2, 0.25) is 0 Å². The lowest BCUT2D eigenvalue weighted by Crippen LogP contribution is -2.39. The predicted octanol–water partition coefficient (Wildman–Crippen LogP) is 2.51. The molecule has 0 atom stereocenters. The van der Waals surface area contributed by atoms with Crippen LogP contribution in [0.1, 0.15) is 50.9 Å². The minimum absolute atomic E-state index is 0.0239. The normalized spacial score (nSPS) is 15.2. The highest BCUT2D eigenvalue weighted by molar-refractivity contribution is 5.94. The first kappa shape index (κ1) is 18.1. The van der Waals surface area contributed by atoms with Crippen LogP contribution in [0.15, 0.2) is 30.5 Å². The zero-order valence-corrected chi connectivity index (χ0v) is 15.0. The van der Waals surface area contributed by atoms with Crippen LogP contribution < -0.4 is 0 Å². The van der Waals surface area contributed by atoms with Crippen molar-refractivity contribution in [2.75, 3.05) is 20.2 Å². The third kappa shape index (κ3) is 3.62. The number of benzene rings is 1. The van der Waals surface area contributed by atoms with Crippen LogP contribution in [0.25, 0.3) is 0 Å². The van der Waals surface area contributed by atoms with E-state index in [1.54, 1.807) is 18.7 Å². The van der Waals surface area contributed by atoms with Gasteiger partial charge >= 0.3 is 5.97 Å². The first-order valence-electron chi connectivity index (χ1n) is 8.65. The molecule has 1 saturated heterocycles. The maximum atomic E-state index is 12.7. The van der Waals surface area contributed by atoms with Gasteiger partial charge in [-0.25, -0.2) is 4.79 Å². The first-order valence-corrected chi connectivity index (χ1v) is 8.65. The molecule has 0 spiro atoms. The van der Waals surface area contributed by atoms with E-state index in [0.29, 0.717) is 31.0 Å². The third-order valence-electron chi connectivity index (χ3n) is 4.88. The number of hydrogen-bond acceptors (Lipinski definition) is 4. The van der Waals surface area contributed by atoms with E-state index in [-0.39, 0.29) is 17.5 Å². The number of nitrogens with zero attached hydrogens (tertiary/aromatic N) is 3. The Bertz CT molecular complexity index is 790. The van der Waals surface area contributed by atoms with Crippen LogP contribution in [0.2, 0.25) is 0 Å². The zero-order valence-electron chi connectivity index (χ0n) is 15.0. The first-order chi connectivity index (χ1) is 12.5. The van der Waals surface area contributed by atoms with Crippen molar-refractivity contribution in [2.45, 2.75) is 32.4 Å². The van der Waals surface area contributed by atoms with Crippen molar-refractivity contribution in [1.82, 2.24) is 14.7 Å². The Balaban J connectivity index is 1.63. The van der Waals surface area contributed by atoms with E-state index >= 15 is 0 Å². The highest BCUT2D eigenvalue weighted by Gasteiger charge is 2.27. The lowest BCUT2D eigenvalue weighted by molar-refractivity contribution is 0.0688. The average molecular weight is 357 g/mol. The molecule has 2 heterocycles. The summed E-state index contributed by atoms with van der Waals surface area (Å²) >= 11 is 0. The van der Waals surface area contributed by atoms with E-state index in [4.69, 9.17) is 9.84 Å². The number of piperidine rings is 1. The van der Waals surface area contributed by atoms with Crippen LogP contribution in [0.5, 0.6) is 0 Å². The summed E-state index contributed by atoms with van der Waals surface area (Å²) < 4.78 is 6.87. The van der Waals surface area contributed by atoms with Gasteiger partial charge in [0.1, 0.15) is 5.56 Å². The summed E-state index contributed by atoms with van der Waals surface area (Å²) in [5.41, 5.74) is 2.61. The molecule has 0 saturated carbocycles. The molecule has 0 bridgehead atoms. The van der Waals surface area contributed by atoms with Crippen LogP contribution in [0.3, 0.4) is 0 Å². The van der Waals surface area contributed by atoms with Gasteiger partial charge in [0.15, 0.2) is 0 Å². The Morgan fingerprint density at radius 3 is 2.42 bits per heavy atom. The van der Waals surface area contributed by atoms with E-state index in [1.165, 1.54) is 6.20 Å². The van der Waals surface area contributed by atoms with Gasteiger partial charge in [-0.05, 0) is 37.5 Å². The van der Waals surface area contributed by atoms with E-state index in [0.717, 1.165) is 18.4 Å². The summed E-state index contributed by atoms with van der Waals surface area (Å²) in [6.45, 7) is 3.56. The number of carbonyl (C=O) groups is 2. The zero-order chi connectivity index (χ0) is 18.7. The number of aromatic carboxylic acids is 1. The van der Waals surface area contributed by atoms with Crippen LogP contribution in [0, 0.1) is 6.92 Å². The van der Waals surface area contributed by atoms with Crippen LogP contribution in [-0.4, -0.2) is 51.9 Å². The van der Waals surface area contributed by atoms with Gasteiger partial charge in [0.05, 0.1) is 24.5 Å². The van der Waals surface area contributed by atoms with Gasteiger partial charge in [-0.15, -0.1) is 0 Å². The Kier molecular flexibility index (Phi) is 5.37. The molecule has 1 fully saturated rings.